The van der Waals surface area contributed by atoms with Crippen LogP contribution in [0.5, 0.6) is 5.88 Å². The van der Waals surface area contributed by atoms with Gasteiger partial charge in [-0.15, -0.1) is 0 Å². The molecule has 2 aromatic carbocycles. The summed E-state index contributed by atoms with van der Waals surface area (Å²) in [7, 11) is -4.58. The number of nitrogens with one attached hydrogen (secondary N) is 1. The van der Waals surface area contributed by atoms with E-state index in [1.807, 2.05) is 6.07 Å². The van der Waals surface area contributed by atoms with Crippen LogP contribution in [-0.4, -0.2) is 98.0 Å². The highest BCUT2D eigenvalue weighted by Crippen LogP contribution is 2.50. The Labute approximate surface area is 298 Å². The summed E-state index contributed by atoms with van der Waals surface area (Å²) in [5.74, 6) is -0.935. The van der Waals surface area contributed by atoms with Gasteiger partial charge in [0.2, 0.25) is 5.88 Å². The van der Waals surface area contributed by atoms with Crippen molar-refractivity contribution in [2.75, 3.05) is 50.2 Å². The number of carbonyl (C=O) groups excluding carboxylic acids is 2. The van der Waals surface area contributed by atoms with E-state index >= 15 is 4.79 Å². The fraction of sp³-hybridized carbons (Fsp3) is 0.432. The molecular formula is C37H40N8O5S. The van der Waals surface area contributed by atoms with E-state index in [-0.39, 0.29) is 50.7 Å². The largest absolute Gasteiger partial charge is 0.478 e. The van der Waals surface area contributed by atoms with E-state index in [2.05, 4.69) is 40.0 Å². The number of carbonyl (C=O) groups is 2. The van der Waals surface area contributed by atoms with Crippen LogP contribution in [0.15, 0.2) is 65.7 Å². The molecule has 0 radical (unpaired) electrons. The normalized spacial score (nSPS) is 21.8. The minimum atomic E-state index is -4.58. The predicted molar refractivity (Wildman–Crippen MR) is 187 cm³/mol. The second-order valence-corrected chi connectivity index (χ2v) is 15.9. The molecule has 0 aliphatic carbocycles. The number of hydrogen-bond acceptors (Lipinski definition) is 10. The minimum absolute atomic E-state index is 0.0202. The molecule has 51 heavy (non-hydrogen) atoms. The average Bonchev–Trinajstić information content (AvgIpc) is 3.35. The Morgan fingerprint density at radius 3 is 2.29 bits per heavy atom. The van der Waals surface area contributed by atoms with Crippen molar-refractivity contribution in [3.63, 3.8) is 0 Å². The van der Waals surface area contributed by atoms with Gasteiger partial charge in [-0.1, -0.05) is 0 Å². The van der Waals surface area contributed by atoms with Gasteiger partial charge < -0.3 is 19.9 Å². The highest BCUT2D eigenvalue weighted by molar-refractivity contribution is 7.93. The van der Waals surface area contributed by atoms with Crippen LogP contribution in [0.1, 0.15) is 55.9 Å². The van der Waals surface area contributed by atoms with Crippen molar-refractivity contribution >= 4 is 27.6 Å². The monoisotopic (exact) mass is 708 g/mol. The fourth-order valence-corrected chi connectivity index (χ4v) is 9.53. The third kappa shape index (κ3) is 5.68. The number of pyridine rings is 1. The summed E-state index contributed by atoms with van der Waals surface area (Å²) in [6.07, 6.45) is 3.74. The first-order valence-corrected chi connectivity index (χ1v) is 18.7. The highest BCUT2D eigenvalue weighted by atomic mass is 32.2. The van der Waals surface area contributed by atoms with Crippen molar-refractivity contribution in [1.82, 2.24) is 25.0 Å². The van der Waals surface area contributed by atoms with E-state index in [1.165, 1.54) is 48.7 Å². The van der Waals surface area contributed by atoms with Crippen LogP contribution in [0.3, 0.4) is 0 Å². The Morgan fingerprint density at radius 2 is 1.67 bits per heavy atom. The number of amides is 3. The van der Waals surface area contributed by atoms with Crippen molar-refractivity contribution in [2.45, 2.75) is 56.1 Å². The van der Waals surface area contributed by atoms with E-state index in [0.717, 1.165) is 39.0 Å². The number of rotatable bonds is 8. The van der Waals surface area contributed by atoms with Gasteiger partial charge in [0.15, 0.2) is 5.54 Å². The standard InChI is InChI=1S/C37H40N8O5S/c1-4-50-33-30(6-5-15-40-33)37(41-35(47)44-23-36(24-44)21-43(22-36)28-13-16-42(17-14-28)25(2)3)31-18-27(20-39)9-12-32(31)45(34(37)46)51(48,49)29-10-7-26(19-38)8-11-29/h5-12,15,18,25,28H,4,13-14,16-17,21-24H2,1-3H3,(H,41,47). The molecule has 1 atom stereocenters. The molecule has 3 fully saturated rings. The number of hydrogen-bond donors (Lipinski definition) is 1. The van der Waals surface area contributed by atoms with Crippen LogP contribution in [-0.2, 0) is 20.4 Å². The van der Waals surface area contributed by atoms with Gasteiger partial charge in [-0.05, 0) is 101 Å². The van der Waals surface area contributed by atoms with Crippen LogP contribution >= 0.6 is 0 Å². The Kier molecular flexibility index (Phi) is 8.74. The lowest BCUT2D eigenvalue weighted by molar-refractivity contribution is -0.124. The molecule has 14 heteroatoms. The summed E-state index contributed by atoms with van der Waals surface area (Å²) < 4.78 is 35.1. The number of piperidine rings is 1. The van der Waals surface area contributed by atoms with Crippen LogP contribution in [0.25, 0.3) is 0 Å². The molecule has 4 aliphatic heterocycles. The molecular weight excluding hydrogens is 669 g/mol. The van der Waals surface area contributed by atoms with Gasteiger partial charge >= 0.3 is 6.03 Å². The van der Waals surface area contributed by atoms with Gasteiger partial charge in [0, 0.05) is 55.4 Å². The molecule has 1 unspecified atom stereocenters. The minimum Gasteiger partial charge on any atom is -0.478 e. The number of likely N-dealkylation sites (tertiary alicyclic amines) is 3. The molecule has 0 bridgehead atoms. The Hall–Kier alpha value is -5.02. The van der Waals surface area contributed by atoms with Crippen molar-refractivity contribution < 1.29 is 22.7 Å². The third-order valence-corrected chi connectivity index (χ3v) is 12.4. The van der Waals surface area contributed by atoms with E-state index in [4.69, 9.17) is 4.74 Å². The second kappa shape index (κ2) is 12.9. The lowest BCUT2D eigenvalue weighted by atomic mass is 9.71. The van der Waals surface area contributed by atoms with Crippen molar-refractivity contribution in [3.05, 3.63) is 83.0 Å². The maximum absolute atomic E-state index is 15.0. The molecule has 264 valence electrons. The molecule has 13 nitrogen and oxygen atoms in total. The lowest BCUT2D eigenvalue weighted by Gasteiger charge is -2.62. The van der Waals surface area contributed by atoms with E-state index in [1.54, 1.807) is 24.0 Å². The number of ether oxygens (including phenoxy) is 1. The Bertz CT molecular complexity index is 2050. The summed E-state index contributed by atoms with van der Waals surface area (Å²) in [6.45, 7) is 11.3. The van der Waals surface area contributed by atoms with Gasteiger partial charge in [0.25, 0.3) is 15.9 Å². The van der Waals surface area contributed by atoms with E-state index < -0.39 is 27.5 Å². The van der Waals surface area contributed by atoms with Crippen LogP contribution in [0.4, 0.5) is 10.5 Å². The summed E-state index contributed by atoms with van der Waals surface area (Å²) >= 11 is 0. The third-order valence-electron chi connectivity index (χ3n) is 10.7. The van der Waals surface area contributed by atoms with Crippen molar-refractivity contribution in [3.8, 4) is 18.0 Å². The molecule has 1 N–H and O–H groups in total. The van der Waals surface area contributed by atoms with Gasteiger partial charge in [0.1, 0.15) is 0 Å². The summed E-state index contributed by atoms with van der Waals surface area (Å²) in [5, 5.41) is 22.1. The maximum Gasteiger partial charge on any atom is 0.318 e. The molecule has 3 amide bonds. The number of sulfonamides is 1. The van der Waals surface area contributed by atoms with Crippen molar-refractivity contribution in [2.24, 2.45) is 5.41 Å². The maximum atomic E-state index is 15.0. The zero-order valence-corrected chi connectivity index (χ0v) is 29.7. The second-order valence-electron chi connectivity index (χ2n) is 14.1. The fourth-order valence-electron chi connectivity index (χ4n) is 8.07. The van der Waals surface area contributed by atoms with Crippen LogP contribution < -0.4 is 14.4 Å². The lowest BCUT2D eigenvalue weighted by Crippen LogP contribution is -2.76. The summed E-state index contributed by atoms with van der Waals surface area (Å²) in [5.41, 5.74) is -1.51. The number of urea groups is 1. The van der Waals surface area contributed by atoms with Crippen molar-refractivity contribution in [1.29, 1.82) is 10.5 Å². The number of anilines is 1. The molecule has 3 aromatic rings. The number of nitriles is 2. The van der Waals surface area contributed by atoms with Gasteiger partial charge in [0.05, 0.1) is 46.0 Å². The highest BCUT2D eigenvalue weighted by Gasteiger charge is 2.61. The quantitative estimate of drug-likeness (QED) is 0.367. The first-order chi connectivity index (χ1) is 24.5. The average molecular weight is 709 g/mol. The zero-order valence-electron chi connectivity index (χ0n) is 28.9. The SMILES string of the molecule is CCOc1ncccc1C1(NC(=O)N2CC3(C2)CN(C2CCN(C(C)C)CC2)C3)C(=O)N(S(=O)(=O)c2ccc(C#N)cc2)c2ccc(C#N)cc21. The zero-order chi connectivity index (χ0) is 36.1. The molecule has 5 heterocycles. The van der Waals surface area contributed by atoms with Gasteiger partial charge in [-0.3, -0.25) is 9.69 Å². The molecule has 3 saturated heterocycles. The van der Waals surface area contributed by atoms with Gasteiger partial charge in [-0.25, -0.2) is 18.2 Å². The Balaban J connectivity index is 1.22. The predicted octanol–water partition coefficient (Wildman–Crippen LogP) is 3.40. The molecule has 7 rings (SSSR count). The van der Waals surface area contributed by atoms with Gasteiger partial charge in [-0.2, -0.15) is 14.8 Å². The summed E-state index contributed by atoms with van der Waals surface area (Å²) in [4.78, 5) is 40.1. The summed E-state index contributed by atoms with van der Waals surface area (Å²) in [6, 6.07) is 17.2. The topological polar surface area (TPSA) is 163 Å². The molecule has 1 spiro atoms. The first kappa shape index (κ1) is 34.4. The Morgan fingerprint density at radius 1 is 1.00 bits per heavy atom. The molecule has 1 aromatic heterocycles. The van der Waals surface area contributed by atoms with E-state index in [9.17, 15) is 23.7 Å². The number of benzene rings is 2. The number of aromatic nitrogens is 1. The van der Waals surface area contributed by atoms with E-state index in [0.29, 0.717) is 29.5 Å². The number of nitrogens with zero attached hydrogens (tertiary/aromatic N) is 7. The first-order valence-electron chi connectivity index (χ1n) is 17.2. The smallest absolute Gasteiger partial charge is 0.318 e. The van der Waals surface area contributed by atoms with Crippen LogP contribution in [0, 0.1) is 28.1 Å². The van der Waals surface area contributed by atoms with Crippen LogP contribution in [0.2, 0.25) is 0 Å². The molecule has 4 aliphatic rings. The number of fused-ring (bicyclic) bond motifs is 1. The molecule has 0 saturated carbocycles.